The van der Waals surface area contributed by atoms with E-state index in [1.165, 1.54) is 4.90 Å². The van der Waals surface area contributed by atoms with Gasteiger partial charge in [-0.1, -0.05) is 31.2 Å². The van der Waals surface area contributed by atoms with E-state index in [1.807, 2.05) is 55.5 Å². The number of carbonyl (C=O) groups is 3. The monoisotopic (exact) mass is 565 g/mol. The molecule has 0 saturated carbocycles. The largest absolute Gasteiger partial charge is 0.465 e. The van der Waals surface area contributed by atoms with Crippen LogP contribution in [0.25, 0.3) is 0 Å². The highest BCUT2D eigenvalue weighted by Gasteiger charge is 2.75. The van der Waals surface area contributed by atoms with Gasteiger partial charge in [0.2, 0.25) is 5.91 Å². The second-order valence-electron chi connectivity index (χ2n) is 11.5. The van der Waals surface area contributed by atoms with E-state index in [2.05, 4.69) is 18.7 Å². The number of ether oxygens (including phenoxy) is 2. The normalized spacial score (nSPS) is 33.0. The number of hydrogen-bond donors (Lipinski definition) is 1. The number of fused-ring (bicyclic) bond motifs is 2. The Morgan fingerprint density at radius 2 is 1.73 bits per heavy atom. The SMILES string of the molecule is CCN(CC)c1ccc(N2CC=C[C@]34O[C@@]5(CC)/C=C\CCCCOC(=O)[C@H]5[C@H]3C(=O)N([C@H](C)CO)C4C2=O)cc1. The van der Waals surface area contributed by atoms with Gasteiger partial charge in [-0.3, -0.25) is 14.4 Å². The minimum Gasteiger partial charge on any atom is -0.465 e. The maximum Gasteiger partial charge on any atom is 0.313 e. The summed E-state index contributed by atoms with van der Waals surface area (Å²) >= 11 is 0. The summed E-state index contributed by atoms with van der Waals surface area (Å²) in [6, 6.07) is 6.16. The number of rotatable bonds is 7. The molecule has 1 N–H and O–H groups in total. The van der Waals surface area contributed by atoms with E-state index in [1.54, 1.807) is 11.8 Å². The molecule has 1 unspecified atom stereocenters. The van der Waals surface area contributed by atoms with E-state index in [-0.39, 0.29) is 31.6 Å². The van der Waals surface area contributed by atoms with Crippen LogP contribution in [0.1, 0.15) is 53.4 Å². The van der Waals surface area contributed by atoms with Gasteiger partial charge in [0, 0.05) is 31.0 Å². The predicted octanol–water partition coefficient (Wildman–Crippen LogP) is 3.46. The molecular formula is C32H43N3O6. The van der Waals surface area contributed by atoms with Crippen molar-refractivity contribution in [3.05, 3.63) is 48.6 Å². The maximum absolute atomic E-state index is 14.6. The van der Waals surface area contributed by atoms with Crippen molar-refractivity contribution in [3.63, 3.8) is 0 Å². The smallest absolute Gasteiger partial charge is 0.313 e. The number of aliphatic hydroxyl groups is 1. The summed E-state index contributed by atoms with van der Waals surface area (Å²) in [6.45, 7) is 9.85. The standard InChI is InChI=1S/C32H43N3O6/c1-5-31-17-10-8-9-11-20-40-30(39)26(31)25-28(37)35(22(4)21-36)27-29(38)34(19-12-18-32(25,27)41-31)24-15-13-23(14-16-24)33(6-2)7-3/h10,12-18,22,25-27,36H,5-9,11,19-21H2,1-4H3/b17-10-/t22-,25+,26-,27?,31+,32+/m1/s1. The van der Waals surface area contributed by atoms with Gasteiger partial charge in [-0.05, 0) is 70.7 Å². The van der Waals surface area contributed by atoms with Crippen LogP contribution in [-0.2, 0) is 23.9 Å². The van der Waals surface area contributed by atoms with Gasteiger partial charge in [0.05, 0.1) is 25.2 Å². The first kappa shape index (κ1) is 29.3. The second-order valence-corrected chi connectivity index (χ2v) is 11.5. The van der Waals surface area contributed by atoms with Gasteiger partial charge in [0.15, 0.2) is 0 Å². The Bertz CT molecular complexity index is 1210. The molecule has 0 radical (unpaired) electrons. The van der Waals surface area contributed by atoms with Crippen LogP contribution >= 0.6 is 0 Å². The van der Waals surface area contributed by atoms with Gasteiger partial charge < -0.3 is 29.3 Å². The summed E-state index contributed by atoms with van der Waals surface area (Å²) in [4.78, 5) is 48.0. The van der Waals surface area contributed by atoms with Crippen molar-refractivity contribution in [2.24, 2.45) is 11.8 Å². The van der Waals surface area contributed by atoms with E-state index >= 15 is 0 Å². The van der Waals surface area contributed by atoms with Crippen molar-refractivity contribution in [3.8, 4) is 0 Å². The van der Waals surface area contributed by atoms with Gasteiger partial charge in [-0.25, -0.2) is 0 Å². The zero-order valence-electron chi connectivity index (χ0n) is 24.6. The Morgan fingerprint density at radius 3 is 2.39 bits per heavy atom. The quantitative estimate of drug-likeness (QED) is 0.399. The Kier molecular flexibility index (Phi) is 8.30. The third-order valence-electron chi connectivity index (χ3n) is 9.35. The van der Waals surface area contributed by atoms with Crippen LogP contribution in [0.3, 0.4) is 0 Å². The number of allylic oxidation sites excluding steroid dienone is 1. The molecule has 9 heteroatoms. The number of hydrogen-bond acceptors (Lipinski definition) is 7. The first-order valence-electron chi connectivity index (χ1n) is 15.1. The van der Waals surface area contributed by atoms with Crippen molar-refractivity contribution in [1.82, 2.24) is 4.90 Å². The minimum absolute atomic E-state index is 0.281. The zero-order chi connectivity index (χ0) is 29.4. The van der Waals surface area contributed by atoms with Crippen LogP contribution < -0.4 is 9.80 Å². The van der Waals surface area contributed by atoms with Crippen molar-refractivity contribution in [2.75, 3.05) is 42.6 Å². The van der Waals surface area contributed by atoms with Crippen LogP contribution in [0.15, 0.2) is 48.6 Å². The molecule has 1 spiro atoms. The molecule has 0 bridgehead atoms. The highest BCUT2D eigenvalue weighted by Crippen LogP contribution is 2.58. The number of carbonyl (C=O) groups excluding carboxylic acids is 3. The highest BCUT2D eigenvalue weighted by molar-refractivity contribution is 6.05. The summed E-state index contributed by atoms with van der Waals surface area (Å²) in [5.74, 6) is -3.00. The molecule has 2 amide bonds. The number of anilines is 2. The number of esters is 1. The molecule has 4 aliphatic heterocycles. The molecule has 4 aliphatic rings. The lowest BCUT2D eigenvalue weighted by atomic mass is 9.73. The van der Waals surface area contributed by atoms with E-state index in [0.29, 0.717) is 12.1 Å². The molecule has 5 rings (SSSR count). The molecular weight excluding hydrogens is 522 g/mol. The van der Waals surface area contributed by atoms with Crippen molar-refractivity contribution in [1.29, 1.82) is 0 Å². The predicted molar refractivity (Wildman–Crippen MR) is 156 cm³/mol. The Morgan fingerprint density at radius 1 is 1.00 bits per heavy atom. The summed E-state index contributed by atoms with van der Waals surface area (Å²) in [5.41, 5.74) is -0.697. The minimum atomic E-state index is -1.38. The Balaban J connectivity index is 1.61. The molecule has 1 aromatic carbocycles. The van der Waals surface area contributed by atoms with E-state index in [0.717, 1.165) is 38.0 Å². The fraction of sp³-hybridized carbons (Fsp3) is 0.594. The average molecular weight is 566 g/mol. The van der Waals surface area contributed by atoms with E-state index in [9.17, 15) is 19.5 Å². The third-order valence-corrected chi connectivity index (χ3v) is 9.35. The number of likely N-dealkylation sites (tertiary alicyclic amines) is 1. The van der Waals surface area contributed by atoms with Crippen LogP contribution in [0, 0.1) is 11.8 Å². The van der Waals surface area contributed by atoms with Gasteiger partial charge in [0.25, 0.3) is 5.91 Å². The molecule has 2 fully saturated rings. The van der Waals surface area contributed by atoms with Crippen molar-refractivity contribution in [2.45, 2.75) is 76.7 Å². The Hall–Kier alpha value is -3.17. The van der Waals surface area contributed by atoms with Gasteiger partial charge in [-0.15, -0.1) is 0 Å². The third kappa shape index (κ3) is 4.67. The van der Waals surface area contributed by atoms with E-state index < -0.39 is 41.1 Å². The lowest BCUT2D eigenvalue weighted by Gasteiger charge is -2.40. The van der Waals surface area contributed by atoms with Crippen LogP contribution in [0.4, 0.5) is 11.4 Å². The fourth-order valence-electron chi connectivity index (χ4n) is 7.20. The molecule has 6 atom stereocenters. The van der Waals surface area contributed by atoms with Gasteiger partial charge >= 0.3 is 5.97 Å². The van der Waals surface area contributed by atoms with Crippen molar-refractivity contribution >= 4 is 29.2 Å². The molecule has 41 heavy (non-hydrogen) atoms. The van der Waals surface area contributed by atoms with Crippen LogP contribution in [0.2, 0.25) is 0 Å². The highest BCUT2D eigenvalue weighted by atomic mass is 16.6. The van der Waals surface area contributed by atoms with Crippen LogP contribution in [0.5, 0.6) is 0 Å². The lowest BCUT2D eigenvalue weighted by molar-refractivity contribution is -0.161. The zero-order valence-corrected chi connectivity index (χ0v) is 24.6. The molecule has 0 aliphatic carbocycles. The summed E-state index contributed by atoms with van der Waals surface area (Å²) in [7, 11) is 0. The number of benzene rings is 1. The summed E-state index contributed by atoms with van der Waals surface area (Å²) < 4.78 is 12.7. The summed E-state index contributed by atoms with van der Waals surface area (Å²) in [6.07, 6.45) is 10.5. The van der Waals surface area contributed by atoms with Crippen LogP contribution in [-0.4, -0.2) is 83.9 Å². The second kappa shape index (κ2) is 11.6. The number of amides is 2. The van der Waals surface area contributed by atoms with E-state index in [4.69, 9.17) is 9.47 Å². The number of aliphatic hydroxyl groups excluding tert-OH is 1. The van der Waals surface area contributed by atoms with Gasteiger partial charge in [-0.2, -0.15) is 0 Å². The summed E-state index contributed by atoms with van der Waals surface area (Å²) in [5, 5.41) is 10.2. The lowest BCUT2D eigenvalue weighted by Crippen LogP contribution is -2.58. The number of cyclic esters (lactones) is 1. The maximum atomic E-state index is 14.6. The molecule has 4 heterocycles. The molecule has 2 saturated heterocycles. The number of nitrogens with zero attached hydrogens (tertiary/aromatic N) is 3. The average Bonchev–Trinajstić information content (AvgIpc) is 3.35. The Labute approximate surface area is 242 Å². The molecule has 9 nitrogen and oxygen atoms in total. The first-order valence-corrected chi connectivity index (χ1v) is 15.1. The molecule has 1 aromatic rings. The van der Waals surface area contributed by atoms with Gasteiger partial charge in [0.1, 0.15) is 23.2 Å². The molecule has 222 valence electrons. The first-order chi connectivity index (χ1) is 19.8. The topological polar surface area (TPSA) is 99.6 Å². The van der Waals surface area contributed by atoms with Crippen molar-refractivity contribution < 1.29 is 29.0 Å². The fourth-order valence-corrected chi connectivity index (χ4v) is 7.20. The molecule has 0 aromatic heterocycles.